The topological polar surface area (TPSA) is 83.0 Å². The number of aliphatic hydroxyl groups is 1. The molecule has 0 radical (unpaired) electrons. The van der Waals surface area contributed by atoms with Crippen LogP contribution in [0.2, 0.25) is 0 Å². The van der Waals surface area contributed by atoms with Crippen molar-refractivity contribution in [2.24, 2.45) is 0 Å². The summed E-state index contributed by atoms with van der Waals surface area (Å²) >= 11 is 0. The van der Waals surface area contributed by atoms with Crippen molar-refractivity contribution in [1.82, 2.24) is 9.88 Å². The van der Waals surface area contributed by atoms with Gasteiger partial charge in [-0.05, 0) is 55.3 Å². The SMILES string of the molecule is CCCN(CCOc1ccccc1)CCc1ccccc1N(CCO)S(=O)(=O)c1cccc2cccnc12. The molecular formula is C30H35N3O4S. The van der Waals surface area contributed by atoms with Gasteiger partial charge in [-0.25, -0.2) is 8.42 Å². The van der Waals surface area contributed by atoms with Crippen LogP contribution in [0.4, 0.5) is 5.69 Å². The number of nitrogens with zero attached hydrogens (tertiary/aromatic N) is 3. The summed E-state index contributed by atoms with van der Waals surface area (Å²) in [5.74, 6) is 0.849. The molecule has 4 rings (SSSR count). The lowest BCUT2D eigenvalue weighted by molar-refractivity contribution is 0.210. The van der Waals surface area contributed by atoms with E-state index in [9.17, 15) is 13.5 Å². The molecule has 4 aromatic rings. The largest absolute Gasteiger partial charge is 0.492 e. The van der Waals surface area contributed by atoms with E-state index >= 15 is 0 Å². The lowest BCUT2D eigenvalue weighted by atomic mass is 10.1. The smallest absolute Gasteiger partial charge is 0.266 e. The summed E-state index contributed by atoms with van der Waals surface area (Å²) in [6, 6.07) is 26.1. The van der Waals surface area contributed by atoms with Gasteiger partial charge >= 0.3 is 0 Å². The Labute approximate surface area is 225 Å². The molecule has 7 nitrogen and oxygen atoms in total. The molecule has 0 aliphatic heterocycles. The van der Waals surface area contributed by atoms with Gasteiger partial charge in [0.15, 0.2) is 0 Å². The first-order chi connectivity index (χ1) is 18.5. The summed E-state index contributed by atoms with van der Waals surface area (Å²) in [4.78, 5) is 6.81. The summed E-state index contributed by atoms with van der Waals surface area (Å²) in [7, 11) is -3.98. The number of hydrogen-bond donors (Lipinski definition) is 1. The number of aliphatic hydroxyl groups excluding tert-OH is 1. The Morgan fingerprint density at radius 2 is 1.61 bits per heavy atom. The highest BCUT2D eigenvalue weighted by Crippen LogP contribution is 2.30. The Kier molecular flexibility index (Phi) is 9.70. The maximum atomic E-state index is 14.0. The highest BCUT2D eigenvalue weighted by atomic mass is 32.2. The first kappa shape index (κ1) is 27.6. The van der Waals surface area contributed by atoms with Crippen molar-refractivity contribution in [3.63, 3.8) is 0 Å². The van der Waals surface area contributed by atoms with E-state index in [1.54, 1.807) is 24.4 Å². The first-order valence-electron chi connectivity index (χ1n) is 13.0. The fourth-order valence-corrected chi connectivity index (χ4v) is 6.23. The summed E-state index contributed by atoms with van der Waals surface area (Å²) in [5, 5.41) is 10.6. The zero-order valence-corrected chi connectivity index (χ0v) is 22.6. The van der Waals surface area contributed by atoms with Crippen LogP contribution >= 0.6 is 0 Å². The normalized spacial score (nSPS) is 11.7. The van der Waals surface area contributed by atoms with Crippen LogP contribution in [0.1, 0.15) is 18.9 Å². The molecule has 0 amide bonds. The minimum absolute atomic E-state index is 0.0494. The van der Waals surface area contributed by atoms with Crippen LogP contribution in [0.25, 0.3) is 10.9 Å². The zero-order chi connectivity index (χ0) is 26.8. The van der Waals surface area contributed by atoms with E-state index in [1.807, 2.05) is 66.7 Å². The number of ether oxygens (including phenoxy) is 1. The van der Waals surface area contributed by atoms with Crippen LogP contribution in [0, 0.1) is 0 Å². The van der Waals surface area contributed by atoms with Crippen molar-refractivity contribution in [2.75, 3.05) is 43.7 Å². The molecule has 38 heavy (non-hydrogen) atoms. The van der Waals surface area contributed by atoms with E-state index in [0.29, 0.717) is 24.2 Å². The van der Waals surface area contributed by atoms with Crippen molar-refractivity contribution in [3.8, 4) is 5.75 Å². The van der Waals surface area contributed by atoms with Crippen molar-refractivity contribution < 1.29 is 18.3 Å². The number of hydrogen-bond acceptors (Lipinski definition) is 6. The predicted molar refractivity (Wildman–Crippen MR) is 152 cm³/mol. The van der Waals surface area contributed by atoms with Crippen LogP contribution in [-0.2, 0) is 16.4 Å². The molecule has 0 saturated carbocycles. The molecule has 0 atom stereocenters. The molecule has 0 fully saturated rings. The standard InChI is InChI=1S/C30H35N3O4S/c1-2-19-32(22-24-37-27-13-4-3-5-14-27)20-17-25-10-6-7-15-28(25)33(21-23-34)38(35,36)29-16-8-11-26-12-9-18-31-30(26)29/h3-16,18,34H,2,17,19-24H2,1H3. The second-order valence-electron chi connectivity index (χ2n) is 9.01. The van der Waals surface area contributed by atoms with E-state index in [4.69, 9.17) is 4.74 Å². The second-order valence-corrected chi connectivity index (χ2v) is 10.8. The number of para-hydroxylation sites is 3. The molecule has 8 heteroatoms. The van der Waals surface area contributed by atoms with Gasteiger partial charge in [0, 0.05) is 24.7 Å². The lowest BCUT2D eigenvalue weighted by Gasteiger charge is -2.27. The molecule has 0 aliphatic carbocycles. The Balaban J connectivity index is 1.55. The van der Waals surface area contributed by atoms with Gasteiger partial charge in [-0.2, -0.15) is 0 Å². The van der Waals surface area contributed by atoms with Gasteiger partial charge in [0.2, 0.25) is 0 Å². The fraction of sp³-hybridized carbons (Fsp3) is 0.300. The number of benzene rings is 3. The number of rotatable bonds is 14. The van der Waals surface area contributed by atoms with E-state index in [-0.39, 0.29) is 18.0 Å². The minimum Gasteiger partial charge on any atom is -0.492 e. The summed E-state index contributed by atoms with van der Waals surface area (Å²) in [5.41, 5.74) is 1.90. The maximum absolute atomic E-state index is 14.0. The van der Waals surface area contributed by atoms with Gasteiger partial charge < -0.3 is 9.84 Å². The third kappa shape index (κ3) is 6.69. The second kappa shape index (κ2) is 13.4. The Morgan fingerprint density at radius 3 is 2.39 bits per heavy atom. The predicted octanol–water partition coefficient (Wildman–Crippen LogP) is 4.76. The average Bonchev–Trinajstić information content (AvgIpc) is 2.95. The molecule has 1 heterocycles. The number of aromatic nitrogens is 1. The molecular weight excluding hydrogens is 498 g/mol. The van der Waals surface area contributed by atoms with Crippen molar-refractivity contribution in [1.29, 1.82) is 0 Å². The van der Waals surface area contributed by atoms with E-state index < -0.39 is 10.0 Å². The molecule has 200 valence electrons. The van der Waals surface area contributed by atoms with Gasteiger partial charge in [-0.3, -0.25) is 14.2 Å². The number of fused-ring (bicyclic) bond motifs is 1. The molecule has 0 bridgehead atoms. The first-order valence-corrected chi connectivity index (χ1v) is 14.4. The van der Waals surface area contributed by atoms with Gasteiger partial charge in [0.1, 0.15) is 17.3 Å². The molecule has 0 unspecified atom stereocenters. The number of sulfonamides is 1. The van der Waals surface area contributed by atoms with E-state index in [1.165, 1.54) is 4.31 Å². The third-order valence-corrected chi connectivity index (χ3v) is 8.23. The minimum atomic E-state index is -3.98. The summed E-state index contributed by atoms with van der Waals surface area (Å²) < 4.78 is 35.1. The highest BCUT2D eigenvalue weighted by Gasteiger charge is 2.28. The molecule has 1 N–H and O–H groups in total. The van der Waals surface area contributed by atoms with Crippen LogP contribution in [0.15, 0.2) is 96.0 Å². The fourth-order valence-electron chi connectivity index (χ4n) is 4.57. The van der Waals surface area contributed by atoms with E-state index in [2.05, 4.69) is 16.8 Å². The monoisotopic (exact) mass is 533 g/mol. The highest BCUT2D eigenvalue weighted by molar-refractivity contribution is 7.93. The Hall–Kier alpha value is -3.46. The molecule has 3 aromatic carbocycles. The summed E-state index contributed by atoms with van der Waals surface area (Å²) in [6.07, 6.45) is 3.26. The number of pyridine rings is 1. The molecule has 0 aliphatic rings. The summed E-state index contributed by atoms with van der Waals surface area (Å²) in [6.45, 7) is 4.81. The van der Waals surface area contributed by atoms with Gasteiger partial charge in [-0.1, -0.05) is 61.5 Å². The Bertz CT molecular complexity index is 1410. The van der Waals surface area contributed by atoms with Crippen molar-refractivity contribution >= 4 is 26.6 Å². The van der Waals surface area contributed by atoms with E-state index in [0.717, 1.165) is 42.8 Å². The lowest BCUT2D eigenvalue weighted by Crippen LogP contribution is -2.35. The maximum Gasteiger partial charge on any atom is 0.266 e. The van der Waals surface area contributed by atoms with Crippen molar-refractivity contribution in [3.05, 3.63) is 96.7 Å². The van der Waals surface area contributed by atoms with Crippen LogP contribution < -0.4 is 9.04 Å². The van der Waals surface area contributed by atoms with Crippen molar-refractivity contribution in [2.45, 2.75) is 24.7 Å². The van der Waals surface area contributed by atoms with Crippen LogP contribution in [0.3, 0.4) is 0 Å². The molecule has 0 saturated heterocycles. The van der Waals surface area contributed by atoms with Gasteiger partial charge in [-0.15, -0.1) is 0 Å². The van der Waals surface area contributed by atoms with Gasteiger partial charge in [0.05, 0.1) is 24.4 Å². The molecule has 1 aromatic heterocycles. The average molecular weight is 534 g/mol. The zero-order valence-electron chi connectivity index (χ0n) is 21.7. The van der Waals surface area contributed by atoms with Crippen LogP contribution in [-0.4, -0.2) is 62.8 Å². The molecule has 0 spiro atoms. The van der Waals surface area contributed by atoms with Crippen LogP contribution in [0.5, 0.6) is 5.75 Å². The Morgan fingerprint density at radius 1 is 0.842 bits per heavy atom. The quantitative estimate of drug-likeness (QED) is 0.252. The third-order valence-electron chi connectivity index (χ3n) is 6.38. The number of anilines is 1. The van der Waals surface area contributed by atoms with Gasteiger partial charge in [0.25, 0.3) is 10.0 Å².